The van der Waals surface area contributed by atoms with E-state index in [2.05, 4.69) is 25.1 Å². The van der Waals surface area contributed by atoms with E-state index < -0.39 is 0 Å². The lowest BCUT2D eigenvalue weighted by Gasteiger charge is -2.34. The average molecular weight is 444 g/mol. The summed E-state index contributed by atoms with van der Waals surface area (Å²) in [5.41, 5.74) is 1.63. The second-order valence-corrected chi connectivity index (χ2v) is 9.08. The lowest BCUT2D eigenvalue weighted by molar-refractivity contribution is -0.117. The van der Waals surface area contributed by atoms with Crippen LogP contribution < -0.4 is 10.2 Å². The number of aromatic nitrogens is 2. The van der Waals surface area contributed by atoms with E-state index >= 15 is 0 Å². The van der Waals surface area contributed by atoms with Gasteiger partial charge in [0, 0.05) is 43.4 Å². The SMILES string of the molecule is COC(=O)c1c(NC(=O)CN2CCN(c3ncccn3)CC2)sc2c1CCCCCC2. The fourth-order valence-corrected chi connectivity index (χ4v) is 5.55. The zero-order valence-corrected chi connectivity index (χ0v) is 18.7. The smallest absolute Gasteiger partial charge is 0.341 e. The van der Waals surface area contributed by atoms with Gasteiger partial charge in [0.2, 0.25) is 11.9 Å². The van der Waals surface area contributed by atoms with Crippen molar-refractivity contribution in [2.75, 3.05) is 50.1 Å². The van der Waals surface area contributed by atoms with Crippen molar-refractivity contribution in [2.45, 2.75) is 38.5 Å². The Morgan fingerprint density at radius 2 is 1.77 bits per heavy atom. The molecule has 2 aromatic rings. The highest BCUT2D eigenvalue weighted by atomic mass is 32.1. The molecular weight excluding hydrogens is 414 g/mol. The van der Waals surface area contributed by atoms with E-state index in [0.29, 0.717) is 17.1 Å². The van der Waals surface area contributed by atoms with Crippen molar-refractivity contribution in [3.8, 4) is 0 Å². The van der Waals surface area contributed by atoms with Gasteiger partial charge in [-0.15, -0.1) is 11.3 Å². The first-order valence-corrected chi connectivity index (χ1v) is 11.7. The molecule has 9 heteroatoms. The van der Waals surface area contributed by atoms with Crippen LogP contribution in [-0.2, 0) is 22.4 Å². The van der Waals surface area contributed by atoms with Gasteiger partial charge >= 0.3 is 5.97 Å². The van der Waals surface area contributed by atoms with Crippen molar-refractivity contribution in [3.63, 3.8) is 0 Å². The number of piperazine rings is 1. The highest BCUT2D eigenvalue weighted by molar-refractivity contribution is 7.17. The molecule has 1 fully saturated rings. The number of nitrogens with one attached hydrogen (secondary N) is 1. The number of nitrogens with zero attached hydrogens (tertiary/aromatic N) is 4. The average Bonchev–Trinajstić information content (AvgIpc) is 3.10. The third-order valence-electron chi connectivity index (χ3n) is 5.89. The molecule has 0 spiro atoms. The Hall–Kier alpha value is -2.52. The van der Waals surface area contributed by atoms with E-state index in [1.54, 1.807) is 29.8 Å². The van der Waals surface area contributed by atoms with Crippen LogP contribution in [-0.4, -0.2) is 66.6 Å². The molecule has 2 aromatic heterocycles. The number of rotatable bonds is 5. The van der Waals surface area contributed by atoms with Crippen LogP contribution in [0.3, 0.4) is 0 Å². The summed E-state index contributed by atoms with van der Waals surface area (Å²) in [6.45, 7) is 3.37. The molecule has 31 heavy (non-hydrogen) atoms. The van der Waals surface area contributed by atoms with Crippen molar-refractivity contribution < 1.29 is 14.3 Å². The predicted molar refractivity (Wildman–Crippen MR) is 121 cm³/mol. The largest absolute Gasteiger partial charge is 0.465 e. The molecule has 4 rings (SSSR count). The number of carbonyl (C=O) groups excluding carboxylic acids is 2. The number of fused-ring (bicyclic) bond motifs is 1. The molecule has 1 aliphatic heterocycles. The zero-order valence-electron chi connectivity index (χ0n) is 17.9. The van der Waals surface area contributed by atoms with Gasteiger partial charge in [0.1, 0.15) is 5.00 Å². The number of amides is 1. The molecule has 1 aliphatic carbocycles. The molecule has 0 bridgehead atoms. The molecule has 0 unspecified atom stereocenters. The third kappa shape index (κ3) is 5.22. The van der Waals surface area contributed by atoms with E-state index in [4.69, 9.17) is 4.74 Å². The van der Waals surface area contributed by atoms with Gasteiger partial charge in [-0.2, -0.15) is 0 Å². The van der Waals surface area contributed by atoms with Crippen LogP contribution in [0.15, 0.2) is 18.5 Å². The zero-order chi connectivity index (χ0) is 21.6. The van der Waals surface area contributed by atoms with Gasteiger partial charge < -0.3 is 15.0 Å². The molecule has 0 radical (unpaired) electrons. The fraction of sp³-hybridized carbons (Fsp3) is 0.545. The minimum atomic E-state index is -0.357. The number of anilines is 2. The fourth-order valence-electron chi connectivity index (χ4n) is 4.26. The second-order valence-electron chi connectivity index (χ2n) is 7.97. The van der Waals surface area contributed by atoms with Gasteiger partial charge in [0.25, 0.3) is 0 Å². The maximum atomic E-state index is 12.8. The summed E-state index contributed by atoms with van der Waals surface area (Å²) in [7, 11) is 1.40. The number of carbonyl (C=O) groups is 2. The summed E-state index contributed by atoms with van der Waals surface area (Å²) >= 11 is 1.54. The van der Waals surface area contributed by atoms with Gasteiger partial charge in [0.15, 0.2) is 0 Å². The molecule has 1 saturated heterocycles. The van der Waals surface area contributed by atoms with E-state index in [9.17, 15) is 9.59 Å². The Morgan fingerprint density at radius 3 is 2.48 bits per heavy atom. The lowest BCUT2D eigenvalue weighted by Crippen LogP contribution is -2.49. The lowest BCUT2D eigenvalue weighted by atomic mass is 9.96. The maximum Gasteiger partial charge on any atom is 0.341 e. The molecule has 8 nitrogen and oxygen atoms in total. The van der Waals surface area contributed by atoms with Gasteiger partial charge in [-0.1, -0.05) is 12.8 Å². The number of thiophene rings is 1. The van der Waals surface area contributed by atoms with Gasteiger partial charge in [0.05, 0.1) is 19.2 Å². The van der Waals surface area contributed by atoms with Crippen molar-refractivity contribution >= 4 is 34.2 Å². The number of methoxy groups -OCH3 is 1. The standard InChI is InChI=1S/C22H29N5O3S/c1-30-21(29)19-16-7-4-2-3-5-8-17(16)31-20(19)25-18(28)15-26-11-13-27(14-12-26)22-23-9-6-10-24-22/h6,9-10H,2-5,7-8,11-15H2,1H3,(H,25,28). The van der Waals surface area contributed by atoms with Gasteiger partial charge in [-0.3, -0.25) is 9.69 Å². The van der Waals surface area contributed by atoms with E-state index in [1.807, 2.05) is 0 Å². The van der Waals surface area contributed by atoms with Crippen LogP contribution in [0, 0.1) is 0 Å². The molecule has 2 aliphatic rings. The minimum Gasteiger partial charge on any atom is -0.465 e. The normalized spacial score (nSPS) is 17.4. The van der Waals surface area contributed by atoms with Crippen molar-refractivity contribution in [3.05, 3.63) is 34.5 Å². The van der Waals surface area contributed by atoms with E-state index in [0.717, 1.165) is 63.4 Å². The molecular formula is C22H29N5O3S. The number of ether oxygens (including phenoxy) is 1. The van der Waals surface area contributed by atoms with E-state index in [1.165, 1.54) is 24.8 Å². The summed E-state index contributed by atoms with van der Waals surface area (Å²) in [4.78, 5) is 39.4. The van der Waals surface area contributed by atoms with Crippen LogP contribution in [0.25, 0.3) is 0 Å². The highest BCUT2D eigenvalue weighted by Gasteiger charge is 2.27. The first-order chi connectivity index (χ1) is 15.2. The number of hydrogen-bond acceptors (Lipinski definition) is 8. The second kappa shape index (κ2) is 10.2. The van der Waals surface area contributed by atoms with Crippen molar-refractivity contribution in [2.24, 2.45) is 0 Å². The first kappa shape index (κ1) is 21.7. The molecule has 1 N–H and O–H groups in total. The minimum absolute atomic E-state index is 0.0937. The molecule has 0 atom stereocenters. The molecule has 0 aromatic carbocycles. The molecule has 0 saturated carbocycles. The number of esters is 1. The molecule has 3 heterocycles. The quantitative estimate of drug-likeness (QED) is 0.711. The van der Waals surface area contributed by atoms with Crippen molar-refractivity contribution in [1.29, 1.82) is 0 Å². The van der Waals surface area contributed by atoms with Crippen LogP contribution in [0.2, 0.25) is 0 Å². The topological polar surface area (TPSA) is 87.7 Å². The number of aryl methyl sites for hydroxylation is 1. The van der Waals surface area contributed by atoms with Crippen LogP contribution in [0.1, 0.15) is 46.5 Å². The molecule has 1 amide bonds. The summed E-state index contributed by atoms with van der Waals surface area (Å²) < 4.78 is 5.05. The van der Waals surface area contributed by atoms with Gasteiger partial charge in [-0.25, -0.2) is 14.8 Å². The van der Waals surface area contributed by atoms with Crippen LogP contribution >= 0.6 is 11.3 Å². The predicted octanol–water partition coefficient (Wildman–Crippen LogP) is 2.74. The third-order valence-corrected chi connectivity index (χ3v) is 7.10. The summed E-state index contributed by atoms with van der Waals surface area (Å²) in [5.74, 6) is 0.277. The van der Waals surface area contributed by atoms with Crippen LogP contribution in [0.5, 0.6) is 0 Å². The highest BCUT2D eigenvalue weighted by Crippen LogP contribution is 2.37. The summed E-state index contributed by atoms with van der Waals surface area (Å²) in [6, 6.07) is 1.80. The Kier molecular flexibility index (Phi) is 7.14. The Labute approximate surface area is 186 Å². The van der Waals surface area contributed by atoms with Crippen LogP contribution in [0.4, 0.5) is 10.9 Å². The summed E-state index contributed by atoms with van der Waals surface area (Å²) in [6.07, 6.45) is 9.90. The Balaban J connectivity index is 1.39. The van der Waals surface area contributed by atoms with E-state index in [-0.39, 0.29) is 11.9 Å². The monoisotopic (exact) mass is 443 g/mol. The Morgan fingerprint density at radius 1 is 1.06 bits per heavy atom. The van der Waals surface area contributed by atoms with Crippen molar-refractivity contribution in [1.82, 2.24) is 14.9 Å². The molecule has 166 valence electrons. The van der Waals surface area contributed by atoms with Gasteiger partial charge in [-0.05, 0) is 37.3 Å². The number of hydrogen-bond donors (Lipinski definition) is 1. The first-order valence-electron chi connectivity index (χ1n) is 10.9. The summed E-state index contributed by atoms with van der Waals surface area (Å²) in [5, 5.41) is 3.65. The maximum absolute atomic E-state index is 12.8. The Bertz CT molecular complexity index is 909.